The van der Waals surface area contributed by atoms with Gasteiger partial charge in [-0.25, -0.2) is 4.98 Å². The molecule has 0 saturated heterocycles. The summed E-state index contributed by atoms with van der Waals surface area (Å²) in [5.41, 5.74) is 12.7. The molecule has 0 amide bonds. The van der Waals surface area contributed by atoms with Crippen LogP contribution in [0.5, 0.6) is 0 Å². The number of hydrogen-bond donors (Lipinski definition) is 0. The summed E-state index contributed by atoms with van der Waals surface area (Å²) in [6, 6.07) is 59.3. The minimum Gasteiger partial charge on any atom is -0.291 e. The van der Waals surface area contributed by atoms with E-state index in [1.165, 1.54) is 58.8 Å². The molecule has 0 N–H and O–H groups in total. The van der Waals surface area contributed by atoms with Crippen molar-refractivity contribution in [2.45, 2.75) is 6.92 Å². The lowest BCUT2D eigenvalue weighted by Gasteiger charge is -2.14. The highest BCUT2D eigenvalue weighted by Crippen LogP contribution is 2.43. The number of aryl methyl sites for hydroxylation is 1. The van der Waals surface area contributed by atoms with E-state index in [1.807, 2.05) is 11.3 Å². The first kappa shape index (κ1) is 28.0. The number of nitrogens with zero attached hydrogens (tertiary/aromatic N) is 2. The normalized spacial score (nSPS) is 11.8. The van der Waals surface area contributed by atoms with Gasteiger partial charge in [0.15, 0.2) is 0 Å². The molecule has 2 nitrogen and oxygen atoms in total. The number of rotatable bonds is 4. The van der Waals surface area contributed by atoms with Crippen molar-refractivity contribution in [2.24, 2.45) is 0 Å². The average Bonchev–Trinajstić information content (AvgIpc) is 3.76. The van der Waals surface area contributed by atoms with Crippen molar-refractivity contribution in [2.75, 3.05) is 0 Å². The van der Waals surface area contributed by atoms with Crippen LogP contribution in [0.1, 0.15) is 5.56 Å². The fourth-order valence-electron chi connectivity index (χ4n) is 7.59. The zero-order chi connectivity index (χ0) is 32.5. The first-order valence-corrected chi connectivity index (χ1v) is 17.5. The topological polar surface area (TPSA) is 17.3 Å². The maximum Gasteiger partial charge on any atom is 0.146 e. The second kappa shape index (κ2) is 11.0. The highest BCUT2D eigenvalue weighted by atomic mass is 32.1. The number of pyridine rings is 1. The monoisotopic (exact) mass is 642 g/mol. The van der Waals surface area contributed by atoms with Crippen LogP contribution >= 0.6 is 11.3 Å². The number of thiophene rings is 1. The average molecular weight is 643 g/mol. The third-order valence-corrected chi connectivity index (χ3v) is 11.3. The summed E-state index contributed by atoms with van der Waals surface area (Å²) in [6.07, 6.45) is 0. The second-order valence-corrected chi connectivity index (χ2v) is 13.8. The summed E-state index contributed by atoms with van der Waals surface area (Å²) < 4.78 is 5.09. The van der Waals surface area contributed by atoms with Gasteiger partial charge in [-0.3, -0.25) is 4.40 Å². The highest BCUT2D eigenvalue weighted by Gasteiger charge is 2.21. The van der Waals surface area contributed by atoms with Crippen LogP contribution in [0, 0.1) is 6.92 Å². The molecule has 0 aliphatic rings. The maximum atomic E-state index is 5.37. The predicted molar refractivity (Wildman–Crippen MR) is 210 cm³/mol. The summed E-state index contributed by atoms with van der Waals surface area (Å²) in [7, 11) is 0. The van der Waals surface area contributed by atoms with Gasteiger partial charge in [-0.05, 0) is 58.3 Å². The quantitative estimate of drug-likeness (QED) is 0.175. The first-order valence-electron chi connectivity index (χ1n) is 16.7. The predicted octanol–water partition coefficient (Wildman–Crippen LogP) is 13.0. The van der Waals surface area contributed by atoms with Gasteiger partial charge in [0.1, 0.15) is 5.65 Å². The van der Waals surface area contributed by atoms with Crippen molar-refractivity contribution in [1.29, 1.82) is 0 Å². The molecule has 0 fully saturated rings. The van der Waals surface area contributed by atoms with Crippen molar-refractivity contribution in [3.05, 3.63) is 169 Å². The molecule has 0 bridgehead atoms. The summed E-state index contributed by atoms with van der Waals surface area (Å²) >= 11 is 1.91. The highest BCUT2D eigenvalue weighted by molar-refractivity contribution is 7.26. The summed E-state index contributed by atoms with van der Waals surface area (Å²) in [5.74, 6) is 0. The zero-order valence-electron chi connectivity index (χ0n) is 26.9. The van der Waals surface area contributed by atoms with E-state index in [9.17, 15) is 0 Å². The Hall–Kier alpha value is -6.03. The van der Waals surface area contributed by atoms with Crippen LogP contribution < -0.4 is 0 Å². The standard InChI is InChI=1S/C46H30N2S/c1-29-13-10-23-37-38-24-12-22-35(45(38)49-44(29)37)34-19-11-18-32(27-34)33-25-26-41-40(28-33)36-20-8-9-21-39(36)46-47-42(30-14-4-2-5-15-30)43(48(41)46)31-16-6-3-7-17-31/h2-28H,1H3. The molecule has 0 spiro atoms. The number of imidazole rings is 1. The molecule has 3 heterocycles. The van der Waals surface area contributed by atoms with Crippen molar-refractivity contribution in [3.63, 3.8) is 0 Å². The lowest BCUT2D eigenvalue weighted by molar-refractivity contribution is 1.27. The Labute approximate surface area is 288 Å². The van der Waals surface area contributed by atoms with Crippen LogP contribution in [0.2, 0.25) is 0 Å². The Kier molecular flexibility index (Phi) is 6.30. The number of benzene rings is 7. The molecular formula is C46H30N2S. The van der Waals surface area contributed by atoms with Gasteiger partial charge < -0.3 is 0 Å². The van der Waals surface area contributed by atoms with Crippen molar-refractivity contribution >= 4 is 58.8 Å². The van der Waals surface area contributed by atoms with E-state index in [4.69, 9.17) is 4.98 Å². The molecule has 10 aromatic rings. The lowest BCUT2D eigenvalue weighted by atomic mass is 9.96. The Morgan fingerprint density at radius 1 is 0.449 bits per heavy atom. The first-order chi connectivity index (χ1) is 24.2. The summed E-state index contributed by atoms with van der Waals surface area (Å²) in [5, 5.41) is 6.24. The molecule has 0 saturated carbocycles. The van der Waals surface area contributed by atoms with Crippen molar-refractivity contribution < 1.29 is 0 Å². The second-order valence-electron chi connectivity index (χ2n) is 12.8. The van der Waals surface area contributed by atoms with Gasteiger partial charge in [0.25, 0.3) is 0 Å². The van der Waals surface area contributed by atoms with Crippen LogP contribution in [0.3, 0.4) is 0 Å². The van der Waals surface area contributed by atoms with Gasteiger partial charge in [0.2, 0.25) is 0 Å². The van der Waals surface area contributed by atoms with Gasteiger partial charge >= 0.3 is 0 Å². The van der Waals surface area contributed by atoms with E-state index < -0.39 is 0 Å². The SMILES string of the molecule is Cc1cccc2c1sc1c(-c3cccc(-c4ccc5c(c4)c4ccccc4c4nc(-c6ccccc6)c(-c6ccccc6)n54)c3)cccc12. The van der Waals surface area contributed by atoms with Crippen LogP contribution in [-0.2, 0) is 0 Å². The molecule has 3 aromatic heterocycles. The molecular weight excluding hydrogens is 613 g/mol. The largest absolute Gasteiger partial charge is 0.291 e. The maximum absolute atomic E-state index is 5.37. The summed E-state index contributed by atoms with van der Waals surface area (Å²) in [4.78, 5) is 5.37. The van der Waals surface area contributed by atoms with Gasteiger partial charge in [-0.2, -0.15) is 0 Å². The molecule has 0 unspecified atom stereocenters. The molecule has 49 heavy (non-hydrogen) atoms. The Balaban J connectivity index is 1.21. The van der Waals surface area contributed by atoms with E-state index >= 15 is 0 Å². The van der Waals surface area contributed by atoms with Crippen LogP contribution in [0.15, 0.2) is 164 Å². The lowest BCUT2D eigenvalue weighted by Crippen LogP contribution is -1.95. The van der Waals surface area contributed by atoms with Crippen molar-refractivity contribution in [1.82, 2.24) is 9.38 Å². The molecule has 230 valence electrons. The molecule has 7 aromatic carbocycles. The minimum atomic E-state index is 0.974. The molecule has 0 atom stereocenters. The van der Waals surface area contributed by atoms with Gasteiger partial charge in [0, 0.05) is 42.1 Å². The number of fused-ring (bicyclic) bond motifs is 9. The fraction of sp³-hybridized carbons (Fsp3) is 0.0217. The molecule has 0 aliphatic carbocycles. The van der Waals surface area contributed by atoms with Crippen LogP contribution in [0.4, 0.5) is 0 Å². The van der Waals surface area contributed by atoms with Crippen molar-refractivity contribution in [3.8, 4) is 44.8 Å². The third kappa shape index (κ3) is 4.36. The third-order valence-electron chi connectivity index (χ3n) is 9.90. The smallest absolute Gasteiger partial charge is 0.146 e. The van der Waals surface area contributed by atoms with Crippen LogP contribution in [0.25, 0.3) is 92.3 Å². The molecule has 0 radical (unpaired) electrons. The zero-order valence-corrected chi connectivity index (χ0v) is 27.7. The van der Waals surface area contributed by atoms with Gasteiger partial charge in [-0.1, -0.05) is 146 Å². The minimum absolute atomic E-state index is 0.974. The summed E-state index contributed by atoms with van der Waals surface area (Å²) in [6.45, 7) is 2.21. The van der Waals surface area contributed by atoms with E-state index in [0.29, 0.717) is 0 Å². The molecule has 10 rings (SSSR count). The molecule has 3 heteroatoms. The van der Waals surface area contributed by atoms with E-state index in [1.54, 1.807) is 0 Å². The Bertz CT molecular complexity index is 2880. The van der Waals surface area contributed by atoms with Gasteiger partial charge in [-0.15, -0.1) is 11.3 Å². The van der Waals surface area contributed by atoms with Crippen LogP contribution in [-0.4, -0.2) is 9.38 Å². The van der Waals surface area contributed by atoms with Gasteiger partial charge in [0.05, 0.1) is 16.9 Å². The fourth-order valence-corrected chi connectivity index (χ4v) is 8.89. The Morgan fingerprint density at radius 2 is 1.06 bits per heavy atom. The van der Waals surface area contributed by atoms with E-state index in [0.717, 1.165) is 39.1 Å². The van der Waals surface area contributed by atoms with E-state index in [-0.39, 0.29) is 0 Å². The Morgan fingerprint density at radius 3 is 1.88 bits per heavy atom. The number of hydrogen-bond acceptors (Lipinski definition) is 2. The molecule has 0 aliphatic heterocycles. The van der Waals surface area contributed by atoms with E-state index in [2.05, 4.69) is 175 Å². The number of aromatic nitrogens is 2.